The normalized spacial score (nSPS) is 21.2. The number of hydrazone groups is 1. The van der Waals surface area contributed by atoms with Crippen LogP contribution in [0.25, 0.3) is 0 Å². The highest BCUT2D eigenvalue weighted by Gasteiger charge is 2.12. The highest BCUT2D eigenvalue weighted by molar-refractivity contribution is 5.81. The summed E-state index contributed by atoms with van der Waals surface area (Å²) in [6, 6.07) is 0. The van der Waals surface area contributed by atoms with Gasteiger partial charge in [0, 0.05) is 12.2 Å². The van der Waals surface area contributed by atoms with Crippen molar-refractivity contribution in [1.82, 2.24) is 4.90 Å². The summed E-state index contributed by atoms with van der Waals surface area (Å²) in [6.07, 6.45) is 6.17. The van der Waals surface area contributed by atoms with Gasteiger partial charge in [-0.25, -0.2) is 0 Å². The molecule has 0 aromatic carbocycles. The summed E-state index contributed by atoms with van der Waals surface area (Å²) in [4.78, 5) is 2.14. The van der Waals surface area contributed by atoms with Gasteiger partial charge in [0.2, 0.25) is 0 Å². The Hall–Kier alpha value is -0.990. The van der Waals surface area contributed by atoms with Gasteiger partial charge in [0.25, 0.3) is 0 Å². The molecule has 0 radical (unpaired) electrons. The van der Waals surface area contributed by atoms with E-state index in [0.29, 0.717) is 0 Å². The van der Waals surface area contributed by atoms with Gasteiger partial charge in [-0.3, -0.25) is 0 Å². The number of hydrogen-bond acceptors (Lipinski definition) is 2. The molecule has 1 aliphatic rings. The van der Waals surface area contributed by atoms with E-state index in [4.69, 9.17) is 5.84 Å². The molecule has 0 amide bonds. The molecule has 0 aliphatic carbocycles. The van der Waals surface area contributed by atoms with Crippen molar-refractivity contribution < 1.29 is 0 Å². The Balaban J connectivity index is 2.61. The minimum absolute atomic E-state index is 0.881. The van der Waals surface area contributed by atoms with Crippen molar-refractivity contribution in [2.45, 2.75) is 39.0 Å². The summed E-state index contributed by atoms with van der Waals surface area (Å²) in [5, 5.41) is 3.72. The van der Waals surface area contributed by atoms with E-state index in [1.807, 2.05) is 6.92 Å². The monoisotopic (exact) mass is 181 g/mol. The van der Waals surface area contributed by atoms with Crippen LogP contribution in [0.2, 0.25) is 0 Å². The summed E-state index contributed by atoms with van der Waals surface area (Å²) in [7, 11) is 0. The van der Waals surface area contributed by atoms with Crippen LogP contribution in [0, 0.1) is 0 Å². The summed E-state index contributed by atoms with van der Waals surface area (Å²) in [5.74, 6) is 6.14. The SMILES string of the molecule is C=C1CCCCCCN1/C(C)=N\N. The Morgan fingerprint density at radius 2 is 2.08 bits per heavy atom. The van der Waals surface area contributed by atoms with Crippen molar-refractivity contribution in [2.75, 3.05) is 6.54 Å². The summed E-state index contributed by atoms with van der Waals surface area (Å²) >= 11 is 0. The zero-order valence-electron chi connectivity index (χ0n) is 8.42. The van der Waals surface area contributed by atoms with Crippen LogP contribution in [0.4, 0.5) is 0 Å². The Morgan fingerprint density at radius 3 is 2.77 bits per heavy atom. The molecule has 0 atom stereocenters. The van der Waals surface area contributed by atoms with E-state index >= 15 is 0 Å². The van der Waals surface area contributed by atoms with Gasteiger partial charge in [0.15, 0.2) is 0 Å². The van der Waals surface area contributed by atoms with Crippen molar-refractivity contribution in [3.63, 3.8) is 0 Å². The lowest BCUT2D eigenvalue weighted by atomic mass is 10.1. The molecule has 1 rings (SSSR count). The van der Waals surface area contributed by atoms with Crippen molar-refractivity contribution in [3.05, 3.63) is 12.3 Å². The molecule has 0 spiro atoms. The molecular weight excluding hydrogens is 162 g/mol. The van der Waals surface area contributed by atoms with Crippen LogP contribution in [0.1, 0.15) is 39.0 Å². The van der Waals surface area contributed by atoms with Crippen molar-refractivity contribution >= 4 is 5.84 Å². The first-order chi connectivity index (χ1) is 6.25. The number of nitrogens with zero attached hydrogens (tertiary/aromatic N) is 2. The van der Waals surface area contributed by atoms with E-state index in [0.717, 1.165) is 24.5 Å². The standard InChI is InChI=1S/C10H19N3/c1-9-7-5-3-4-6-8-13(9)10(2)12-11/h1,3-8,11H2,2H3/b12-10-. The summed E-state index contributed by atoms with van der Waals surface area (Å²) in [6.45, 7) is 7.01. The summed E-state index contributed by atoms with van der Waals surface area (Å²) < 4.78 is 0. The number of allylic oxidation sites excluding steroid dienone is 1. The van der Waals surface area contributed by atoms with Crippen LogP contribution in [-0.4, -0.2) is 17.3 Å². The molecule has 0 saturated carbocycles. The van der Waals surface area contributed by atoms with E-state index < -0.39 is 0 Å². The van der Waals surface area contributed by atoms with Crippen molar-refractivity contribution in [2.24, 2.45) is 10.9 Å². The fourth-order valence-corrected chi connectivity index (χ4v) is 1.71. The first-order valence-corrected chi connectivity index (χ1v) is 4.95. The Labute approximate surface area is 80.3 Å². The van der Waals surface area contributed by atoms with Crippen LogP contribution in [0.5, 0.6) is 0 Å². The lowest BCUT2D eigenvalue weighted by Gasteiger charge is -2.27. The highest BCUT2D eigenvalue weighted by Crippen LogP contribution is 2.18. The number of hydrogen-bond donors (Lipinski definition) is 1. The van der Waals surface area contributed by atoms with E-state index in [1.165, 1.54) is 25.7 Å². The Morgan fingerprint density at radius 1 is 1.38 bits per heavy atom. The average Bonchev–Trinajstić information content (AvgIpc) is 2.11. The molecule has 0 aromatic heterocycles. The quantitative estimate of drug-likeness (QED) is 0.269. The van der Waals surface area contributed by atoms with Crippen LogP contribution in [-0.2, 0) is 0 Å². The van der Waals surface area contributed by atoms with Crippen LogP contribution >= 0.6 is 0 Å². The zero-order chi connectivity index (χ0) is 9.68. The third-order valence-corrected chi connectivity index (χ3v) is 2.56. The number of nitrogens with two attached hydrogens (primary N) is 1. The second-order valence-electron chi connectivity index (χ2n) is 3.56. The van der Waals surface area contributed by atoms with E-state index in [2.05, 4.69) is 16.6 Å². The maximum absolute atomic E-state index is 5.26. The fourth-order valence-electron chi connectivity index (χ4n) is 1.71. The predicted molar refractivity (Wildman–Crippen MR) is 56.2 cm³/mol. The first-order valence-electron chi connectivity index (χ1n) is 4.95. The van der Waals surface area contributed by atoms with Crippen LogP contribution < -0.4 is 5.84 Å². The first kappa shape index (κ1) is 10.1. The lowest BCUT2D eigenvalue weighted by molar-refractivity contribution is 0.425. The molecular formula is C10H19N3. The molecule has 3 nitrogen and oxygen atoms in total. The largest absolute Gasteiger partial charge is 0.333 e. The molecule has 13 heavy (non-hydrogen) atoms. The van der Waals surface area contributed by atoms with Gasteiger partial charge < -0.3 is 10.7 Å². The van der Waals surface area contributed by atoms with Gasteiger partial charge in [-0.2, -0.15) is 5.10 Å². The second-order valence-corrected chi connectivity index (χ2v) is 3.56. The molecule has 0 unspecified atom stereocenters. The maximum atomic E-state index is 5.26. The number of likely N-dealkylation sites (tertiary alicyclic amines) is 1. The van der Waals surface area contributed by atoms with Gasteiger partial charge in [0.05, 0.1) is 0 Å². The third kappa shape index (κ3) is 2.76. The minimum atomic E-state index is 0.881. The molecule has 2 N–H and O–H groups in total. The van der Waals surface area contributed by atoms with Crippen LogP contribution in [0.3, 0.4) is 0 Å². The lowest BCUT2D eigenvalue weighted by Crippen LogP contribution is -2.30. The molecule has 3 heteroatoms. The summed E-state index contributed by atoms with van der Waals surface area (Å²) in [5.41, 5.74) is 1.16. The smallest absolute Gasteiger partial charge is 0.125 e. The van der Waals surface area contributed by atoms with Gasteiger partial charge in [-0.1, -0.05) is 19.4 Å². The molecule has 1 aliphatic heterocycles. The van der Waals surface area contributed by atoms with E-state index in [1.54, 1.807) is 0 Å². The third-order valence-electron chi connectivity index (χ3n) is 2.56. The van der Waals surface area contributed by atoms with Gasteiger partial charge in [-0.15, -0.1) is 0 Å². The molecule has 1 fully saturated rings. The second kappa shape index (κ2) is 4.90. The van der Waals surface area contributed by atoms with Gasteiger partial charge in [-0.05, 0) is 26.2 Å². The van der Waals surface area contributed by atoms with Crippen LogP contribution in [0.15, 0.2) is 17.4 Å². The molecule has 74 valence electrons. The Kier molecular flexibility index (Phi) is 3.80. The fraction of sp³-hybridized carbons (Fsp3) is 0.700. The van der Waals surface area contributed by atoms with Gasteiger partial charge in [0.1, 0.15) is 5.84 Å². The predicted octanol–water partition coefficient (Wildman–Crippen LogP) is 2.06. The van der Waals surface area contributed by atoms with E-state index in [-0.39, 0.29) is 0 Å². The van der Waals surface area contributed by atoms with E-state index in [9.17, 15) is 0 Å². The molecule has 1 saturated heterocycles. The highest BCUT2D eigenvalue weighted by atomic mass is 15.3. The number of rotatable bonds is 0. The molecule has 1 heterocycles. The topological polar surface area (TPSA) is 41.6 Å². The number of amidine groups is 1. The molecule has 0 bridgehead atoms. The average molecular weight is 181 g/mol. The van der Waals surface area contributed by atoms with Crippen molar-refractivity contribution in [1.29, 1.82) is 0 Å². The zero-order valence-corrected chi connectivity index (χ0v) is 8.42. The minimum Gasteiger partial charge on any atom is -0.333 e. The van der Waals surface area contributed by atoms with Gasteiger partial charge >= 0.3 is 0 Å². The maximum Gasteiger partial charge on any atom is 0.125 e. The molecule has 0 aromatic rings. The van der Waals surface area contributed by atoms with Crippen molar-refractivity contribution in [3.8, 4) is 0 Å². The Bertz CT molecular complexity index is 208.